The van der Waals surface area contributed by atoms with E-state index in [1.165, 1.54) is 18.2 Å². The van der Waals surface area contributed by atoms with Crippen LogP contribution in [0.3, 0.4) is 0 Å². The Labute approximate surface area is 200 Å². The molecule has 4 atom stereocenters. The molecule has 3 aliphatic rings. The second-order valence-corrected chi connectivity index (χ2v) is 9.42. The number of amides is 3. The van der Waals surface area contributed by atoms with Gasteiger partial charge in [-0.2, -0.15) is 0 Å². The van der Waals surface area contributed by atoms with Gasteiger partial charge in [0.05, 0.1) is 17.5 Å². The van der Waals surface area contributed by atoms with Crippen LogP contribution in [0, 0.1) is 24.6 Å². The highest BCUT2D eigenvalue weighted by molar-refractivity contribution is 6.25. The highest BCUT2D eigenvalue weighted by Crippen LogP contribution is 2.54. The van der Waals surface area contributed by atoms with Crippen molar-refractivity contribution in [2.75, 3.05) is 10.2 Å². The van der Waals surface area contributed by atoms with Gasteiger partial charge in [0.1, 0.15) is 17.1 Å². The van der Waals surface area contributed by atoms with E-state index in [2.05, 4.69) is 10.6 Å². The number of nitrogens with zero attached hydrogens (tertiary/aromatic N) is 1. The van der Waals surface area contributed by atoms with E-state index in [0.717, 1.165) is 16.0 Å². The highest BCUT2D eigenvalue weighted by Gasteiger charge is 2.70. The summed E-state index contributed by atoms with van der Waals surface area (Å²) < 4.78 is 14.4. The van der Waals surface area contributed by atoms with Gasteiger partial charge in [-0.15, -0.1) is 0 Å². The number of phenolic OH excluding ortho intramolecular Hbond substituents is 1. The second-order valence-electron chi connectivity index (χ2n) is 9.42. The van der Waals surface area contributed by atoms with Crippen LogP contribution >= 0.6 is 0 Å². The first-order valence-electron chi connectivity index (χ1n) is 11.4. The van der Waals surface area contributed by atoms with Crippen LogP contribution in [-0.4, -0.2) is 28.9 Å². The van der Waals surface area contributed by atoms with Gasteiger partial charge in [-0.1, -0.05) is 29.8 Å². The molecular formula is C27H22FN3O4. The minimum Gasteiger partial charge on any atom is -0.508 e. The van der Waals surface area contributed by atoms with Gasteiger partial charge in [0.15, 0.2) is 0 Å². The number of aryl methyl sites for hydroxylation is 1. The summed E-state index contributed by atoms with van der Waals surface area (Å²) in [5.74, 6) is -3.66. The minimum atomic E-state index is -1.57. The molecule has 0 radical (unpaired) electrons. The molecule has 3 heterocycles. The van der Waals surface area contributed by atoms with Gasteiger partial charge in [-0.25, -0.2) is 9.29 Å². The lowest BCUT2D eigenvalue weighted by Gasteiger charge is -2.29. The molecule has 1 spiro atoms. The first kappa shape index (κ1) is 21.5. The summed E-state index contributed by atoms with van der Waals surface area (Å²) in [5.41, 5.74) is 1.42. The quantitative estimate of drug-likeness (QED) is 0.510. The number of rotatable bonds is 3. The van der Waals surface area contributed by atoms with Crippen LogP contribution in [0.15, 0.2) is 66.7 Å². The highest BCUT2D eigenvalue weighted by atomic mass is 19.1. The van der Waals surface area contributed by atoms with Crippen molar-refractivity contribution in [3.63, 3.8) is 0 Å². The van der Waals surface area contributed by atoms with Crippen molar-refractivity contribution >= 4 is 29.1 Å². The molecule has 3 aliphatic heterocycles. The Morgan fingerprint density at radius 1 is 0.971 bits per heavy atom. The van der Waals surface area contributed by atoms with Crippen LogP contribution in [0.25, 0.3) is 0 Å². The fourth-order valence-electron chi connectivity index (χ4n) is 5.78. The molecule has 35 heavy (non-hydrogen) atoms. The van der Waals surface area contributed by atoms with Crippen LogP contribution in [0.1, 0.15) is 16.7 Å². The molecule has 8 heteroatoms. The molecule has 2 saturated heterocycles. The van der Waals surface area contributed by atoms with E-state index in [9.17, 15) is 23.9 Å². The van der Waals surface area contributed by atoms with Crippen LogP contribution in [0.5, 0.6) is 5.75 Å². The van der Waals surface area contributed by atoms with E-state index >= 15 is 0 Å². The number of hydrogen-bond donors (Lipinski definition) is 3. The molecule has 3 amide bonds. The van der Waals surface area contributed by atoms with Crippen molar-refractivity contribution in [2.24, 2.45) is 11.8 Å². The number of imide groups is 1. The molecule has 176 valence electrons. The zero-order valence-corrected chi connectivity index (χ0v) is 18.8. The van der Waals surface area contributed by atoms with Crippen molar-refractivity contribution in [2.45, 2.75) is 24.9 Å². The summed E-state index contributed by atoms with van der Waals surface area (Å²) in [7, 11) is 0. The number of aromatic hydroxyl groups is 1. The van der Waals surface area contributed by atoms with Crippen LogP contribution in [0.2, 0.25) is 0 Å². The zero-order chi connectivity index (χ0) is 24.5. The van der Waals surface area contributed by atoms with Crippen molar-refractivity contribution in [1.29, 1.82) is 0 Å². The standard InChI is InChI=1S/C27H22FN3O4/c1-14-2-7-17(8-3-14)31-24(33)22-21(12-15-4-9-18(32)10-5-15)30-27(23(22)25(31)34)19-13-16(28)6-11-20(19)29-26(27)35/h2-11,13,21-23,30,32H,12H2,1H3,(H,29,35). The Hall–Kier alpha value is -4.04. The lowest BCUT2D eigenvalue weighted by molar-refractivity contribution is -0.130. The van der Waals surface area contributed by atoms with Crippen molar-refractivity contribution in [1.82, 2.24) is 5.32 Å². The van der Waals surface area contributed by atoms with Crippen LogP contribution in [-0.2, 0) is 26.3 Å². The maximum Gasteiger partial charge on any atom is 0.250 e. The van der Waals surface area contributed by atoms with E-state index in [1.54, 1.807) is 36.4 Å². The Balaban J connectivity index is 1.49. The Bertz CT molecular complexity index is 1390. The predicted octanol–water partition coefficient (Wildman–Crippen LogP) is 3.01. The van der Waals surface area contributed by atoms with Crippen molar-refractivity contribution in [3.05, 3.63) is 89.2 Å². The summed E-state index contributed by atoms with van der Waals surface area (Å²) in [6, 6.07) is 17.0. The van der Waals surface area contributed by atoms with Gasteiger partial charge >= 0.3 is 0 Å². The third-order valence-electron chi connectivity index (χ3n) is 7.36. The molecular weight excluding hydrogens is 449 g/mol. The predicted molar refractivity (Wildman–Crippen MR) is 126 cm³/mol. The molecule has 4 unspecified atom stereocenters. The van der Waals surface area contributed by atoms with Gasteiger partial charge in [0, 0.05) is 17.3 Å². The lowest BCUT2D eigenvalue weighted by Crippen LogP contribution is -2.53. The number of nitrogens with one attached hydrogen (secondary N) is 2. The molecule has 7 nitrogen and oxygen atoms in total. The fraction of sp³-hybridized carbons (Fsp3) is 0.222. The smallest absolute Gasteiger partial charge is 0.250 e. The molecule has 0 bridgehead atoms. The summed E-state index contributed by atoms with van der Waals surface area (Å²) in [6.45, 7) is 1.91. The van der Waals surface area contributed by atoms with Gasteiger partial charge < -0.3 is 10.4 Å². The maximum absolute atomic E-state index is 14.4. The number of anilines is 2. The lowest BCUT2D eigenvalue weighted by atomic mass is 9.76. The summed E-state index contributed by atoms with van der Waals surface area (Å²) in [5, 5.41) is 15.7. The van der Waals surface area contributed by atoms with E-state index in [0.29, 0.717) is 23.4 Å². The summed E-state index contributed by atoms with van der Waals surface area (Å²) in [6.07, 6.45) is 0.335. The molecule has 2 fully saturated rings. The third kappa shape index (κ3) is 3.03. The van der Waals surface area contributed by atoms with Crippen molar-refractivity contribution in [3.8, 4) is 5.75 Å². The second kappa shape index (κ2) is 7.48. The number of benzene rings is 3. The zero-order valence-electron chi connectivity index (χ0n) is 18.8. The first-order valence-corrected chi connectivity index (χ1v) is 11.4. The summed E-state index contributed by atoms with van der Waals surface area (Å²) in [4.78, 5) is 42.3. The Morgan fingerprint density at radius 3 is 2.40 bits per heavy atom. The number of fused-ring (bicyclic) bond motifs is 4. The maximum atomic E-state index is 14.4. The molecule has 0 aromatic heterocycles. The molecule has 6 rings (SSSR count). The van der Waals surface area contributed by atoms with Gasteiger partial charge in [0.2, 0.25) is 17.7 Å². The fourth-order valence-corrected chi connectivity index (χ4v) is 5.78. The van der Waals surface area contributed by atoms with Crippen molar-refractivity contribution < 1.29 is 23.9 Å². The molecule has 3 N–H and O–H groups in total. The van der Waals surface area contributed by atoms with E-state index in [1.807, 2.05) is 19.1 Å². The molecule has 0 saturated carbocycles. The molecule has 3 aromatic rings. The minimum absolute atomic E-state index is 0.111. The Morgan fingerprint density at radius 2 is 1.69 bits per heavy atom. The number of carbonyl (C=O) groups excluding carboxylic acids is 3. The third-order valence-corrected chi connectivity index (χ3v) is 7.36. The number of phenols is 1. The Kier molecular flexibility index (Phi) is 4.59. The van der Waals surface area contributed by atoms with Gasteiger partial charge in [-0.3, -0.25) is 19.7 Å². The largest absolute Gasteiger partial charge is 0.508 e. The number of halogens is 1. The van der Waals surface area contributed by atoms with Crippen LogP contribution < -0.4 is 15.5 Å². The molecule has 0 aliphatic carbocycles. The monoisotopic (exact) mass is 471 g/mol. The average molecular weight is 471 g/mol. The van der Waals surface area contributed by atoms with Gasteiger partial charge in [-0.05, 0) is 61.4 Å². The van der Waals surface area contributed by atoms with Crippen LogP contribution in [0.4, 0.5) is 15.8 Å². The SMILES string of the molecule is Cc1ccc(N2C(=O)C3C(Cc4ccc(O)cc4)NC4(C(=O)Nc5ccc(F)cc54)C3C2=O)cc1. The summed E-state index contributed by atoms with van der Waals surface area (Å²) >= 11 is 0. The number of carbonyl (C=O) groups is 3. The average Bonchev–Trinajstić information content (AvgIpc) is 3.41. The van der Waals surface area contributed by atoms with E-state index in [-0.39, 0.29) is 5.75 Å². The topological polar surface area (TPSA) is 98.7 Å². The van der Waals surface area contributed by atoms with Gasteiger partial charge in [0.25, 0.3) is 0 Å². The number of hydrogen-bond acceptors (Lipinski definition) is 5. The normalized spacial score (nSPS) is 26.9. The van der Waals surface area contributed by atoms with E-state index in [4.69, 9.17) is 0 Å². The van der Waals surface area contributed by atoms with E-state index < -0.39 is 47.0 Å². The molecule has 3 aromatic carbocycles. The first-order chi connectivity index (χ1) is 16.8.